The number of nitriles is 1. The highest BCUT2D eigenvalue weighted by Gasteiger charge is 2.32. The van der Waals surface area contributed by atoms with E-state index in [0.29, 0.717) is 49.1 Å². The van der Waals surface area contributed by atoms with Crippen LogP contribution in [0.1, 0.15) is 36.2 Å². The predicted molar refractivity (Wildman–Crippen MR) is 171 cm³/mol. The van der Waals surface area contributed by atoms with E-state index in [1.165, 1.54) is 6.08 Å². The molecule has 2 aromatic heterocycles. The van der Waals surface area contributed by atoms with Crippen molar-refractivity contribution in [3.05, 3.63) is 76.9 Å². The Bertz CT molecular complexity index is 1720. The molecule has 4 heterocycles. The third-order valence-corrected chi connectivity index (χ3v) is 8.49. The van der Waals surface area contributed by atoms with Crippen molar-refractivity contribution in [1.82, 2.24) is 29.3 Å². The van der Waals surface area contributed by atoms with Crippen LogP contribution in [0.15, 0.2) is 54.4 Å². The van der Waals surface area contributed by atoms with Crippen LogP contribution in [-0.4, -0.2) is 87.1 Å². The van der Waals surface area contributed by atoms with Gasteiger partial charge >= 0.3 is 6.01 Å². The summed E-state index contributed by atoms with van der Waals surface area (Å²) in [6.45, 7) is 13.6. The molecule has 0 aliphatic carbocycles. The zero-order chi connectivity index (χ0) is 31.4. The molecular formula is C33H38N8O3. The number of amides is 1. The van der Waals surface area contributed by atoms with Gasteiger partial charge in [-0.2, -0.15) is 15.2 Å². The zero-order valence-corrected chi connectivity index (χ0v) is 25.6. The summed E-state index contributed by atoms with van der Waals surface area (Å²) < 4.78 is 7.73. The number of hydrogen-bond donors (Lipinski definition) is 0. The van der Waals surface area contributed by atoms with Crippen LogP contribution in [-0.2, 0) is 4.79 Å². The van der Waals surface area contributed by atoms with Crippen molar-refractivity contribution in [3.63, 3.8) is 0 Å². The number of carbonyl (C=O) groups is 1. The van der Waals surface area contributed by atoms with Crippen molar-refractivity contribution in [2.75, 3.05) is 44.7 Å². The van der Waals surface area contributed by atoms with Crippen molar-refractivity contribution >= 4 is 28.8 Å². The lowest BCUT2D eigenvalue weighted by molar-refractivity contribution is -0.128. The number of ether oxygens (including phenoxy) is 1. The van der Waals surface area contributed by atoms with E-state index < -0.39 is 0 Å². The number of piperazine rings is 1. The number of likely N-dealkylation sites (N-methyl/N-ethyl adjacent to an activating group) is 1. The quantitative estimate of drug-likeness (QED) is 0.270. The van der Waals surface area contributed by atoms with E-state index in [9.17, 15) is 14.9 Å². The lowest BCUT2D eigenvalue weighted by Crippen LogP contribution is -2.55. The fraction of sp³-hybridized carbons (Fsp3) is 0.394. The first-order valence-electron chi connectivity index (χ1n) is 14.9. The van der Waals surface area contributed by atoms with Crippen LogP contribution in [0.4, 0.5) is 5.82 Å². The average molecular weight is 595 g/mol. The van der Waals surface area contributed by atoms with E-state index in [4.69, 9.17) is 14.7 Å². The Morgan fingerprint density at radius 2 is 1.95 bits per heavy atom. The minimum atomic E-state index is -0.378. The summed E-state index contributed by atoms with van der Waals surface area (Å²) in [5.41, 5.74) is 2.73. The van der Waals surface area contributed by atoms with Gasteiger partial charge in [0.1, 0.15) is 17.9 Å². The minimum absolute atomic E-state index is 0.0999. The van der Waals surface area contributed by atoms with Crippen molar-refractivity contribution in [1.29, 1.82) is 5.26 Å². The lowest BCUT2D eigenvalue weighted by atomic mass is 10.1. The molecule has 0 unspecified atom stereocenters. The van der Waals surface area contributed by atoms with Crippen LogP contribution in [0.25, 0.3) is 22.8 Å². The van der Waals surface area contributed by atoms with E-state index in [-0.39, 0.29) is 41.5 Å². The third-order valence-electron chi connectivity index (χ3n) is 8.49. The summed E-state index contributed by atoms with van der Waals surface area (Å²) >= 11 is 0. The molecule has 11 heteroatoms. The highest BCUT2D eigenvalue weighted by atomic mass is 16.5. The molecule has 0 radical (unpaired) electrons. The molecule has 1 aromatic carbocycles. The monoisotopic (exact) mass is 594 g/mol. The van der Waals surface area contributed by atoms with E-state index in [1.807, 2.05) is 42.2 Å². The molecule has 2 aliphatic heterocycles. The van der Waals surface area contributed by atoms with Gasteiger partial charge in [-0.05, 0) is 63.6 Å². The summed E-state index contributed by atoms with van der Waals surface area (Å²) in [5.74, 6) is 0.709. The maximum Gasteiger partial charge on any atom is 0.319 e. The lowest BCUT2D eigenvalue weighted by Gasteiger charge is -2.40. The van der Waals surface area contributed by atoms with Crippen molar-refractivity contribution in [2.45, 2.75) is 45.2 Å². The van der Waals surface area contributed by atoms with Crippen LogP contribution in [0.5, 0.6) is 6.01 Å². The second-order valence-electron chi connectivity index (χ2n) is 11.2. The molecule has 44 heavy (non-hydrogen) atoms. The summed E-state index contributed by atoms with van der Waals surface area (Å²) in [5, 5.41) is 9.51. The van der Waals surface area contributed by atoms with Gasteiger partial charge in [0.15, 0.2) is 11.3 Å². The number of likely N-dealkylation sites (tertiary alicyclic amines) is 1. The van der Waals surface area contributed by atoms with Crippen LogP contribution in [0.2, 0.25) is 0 Å². The molecular weight excluding hydrogens is 556 g/mol. The summed E-state index contributed by atoms with van der Waals surface area (Å²) in [6, 6.07) is 7.91. The number of rotatable bonds is 9. The van der Waals surface area contributed by atoms with Gasteiger partial charge in [-0.25, -0.2) is 4.98 Å². The number of carbonyl (C=O) groups excluding carboxylic acids is 1. The van der Waals surface area contributed by atoms with E-state index in [2.05, 4.69) is 36.2 Å². The topological polar surface area (TPSA) is 120 Å². The first-order valence-corrected chi connectivity index (χ1v) is 14.9. The third kappa shape index (κ3) is 5.98. The number of aryl methyl sites for hydroxylation is 1. The molecule has 2 fully saturated rings. The Hall–Kier alpha value is -4.82. The van der Waals surface area contributed by atoms with Gasteiger partial charge in [-0.3, -0.25) is 14.2 Å². The molecule has 11 nitrogen and oxygen atoms in total. The fourth-order valence-electron chi connectivity index (χ4n) is 6.04. The molecule has 0 saturated carbocycles. The Balaban J connectivity index is 1.64. The zero-order valence-electron chi connectivity index (χ0n) is 25.6. The second kappa shape index (κ2) is 13.2. The van der Waals surface area contributed by atoms with Gasteiger partial charge in [0, 0.05) is 25.7 Å². The van der Waals surface area contributed by atoms with Crippen LogP contribution >= 0.6 is 0 Å². The van der Waals surface area contributed by atoms with Gasteiger partial charge in [0.05, 0.1) is 24.2 Å². The fourth-order valence-corrected chi connectivity index (χ4v) is 6.04. The molecule has 2 saturated heterocycles. The van der Waals surface area contributed by atoms with Gasteiger partial charge in [-0.1, -0.05) is 43.5 Å². The Labute approximate surface area is 257 Å². The second-order valence-corrected chi connectivity index (χ2v) is 11.2. The van der Waals surface area contributed by atoms with E-state index in [1.54, 1.807) is 22.5 Å². The maximum absolute atomic E-state index is 14.3. The van der Waals surface area contributed by atoms with Gasteiger partial charge in [-0.15, -0.1) is 0 Å². The number of benzene rings is 1. The first kappa shape index (κ1) is 30.6. The molecule has 5 rings (SSSR count). The van der Waals surface area contributed by atoms with E-state index >= 15 is 0 Å². The standard InChI is InChI=1S/C33H38N8O3/c1-6-8-11-24-12-9-14-27(22(24)3)41-23(4)35-29-30(32(41)43)36-33(44-21-26-13-10-17-38(26)5)37-31(29)39-18-19-40(28(42)7-2)25(20-39)15-16-34/h6-9,11-12,14,25-26H,1-2,10,13,15,17-21H2,3-5H3/b11-8-/t25-,26-/m0/s1. The molecule has 0 bridgehead atoms. The highest BCUT2D eigenvalue weighted by Crippen LogP contribution is 2.28. The number of hydrogen-bond acceptors (Lipinski definition) is 9. The molecule has 1 amide bonds. The summed E-state index contributed by atoms with van der Waals surface area (Å²) in [7, 11) is 2.07. The van der Waals surface area contributed by atoms with Crippen LogP contribution in [0.3, 0.4) is 0 Å². The first-order chi connectivity index (χ1) is 21.3. The van der Waals surface area contributed by atoms with Gasteiger partial charge < -0.3 is 19.4 Å². The highest BCUT2D eigenvalue weighted by molar-refractivity contribution is 5.88. The number of allylic oxidation sites excluding steroid dienone is 2. The number of nitrogens with zero attached hydrogens (tertiary/aromatic N) is 8. The molecule has 0 N–H and O–H groups in total. The minimum Gasteiger partial charge on any atom is -0.462 e. The maximum atomic E-state index is 14.3. The summed E-state index contributed by atoms with van der Waals surface area (Å²) in [4.78, 5) is 47.0. The number of fused-ring (bicyclic) bond motifs is 1. The normalized spacial score (nSPS) is 19.0. The van der Waals surface area contributed by atoms with E-state index in [0.717, 1.165) is 30.5 Å². The predicted octanol–water partition coefficient (Wildman–Crippen LogP) is 3.58. The van der Waals surface area contributed by atoms with Crippen LogP contribution < -0.4 is 15.2 Å². The molecule has 3 aromatic rings. The molecule has 228 valence electrons. The number of anilines is 1. The Morgan fingerprint density at radius 3 is 2.66 bits per heavy atom. The average Bonchev–Trinajstić information content (AvgIpc) is 3.44. The van der Waals surface area contributed by atoms with Crippen molar-refractivity contribution < 1.29 is 9.53 Å². The molecule has 2 aliphatic rings. The van der Waals surface area contributed by atoms with Crippen LogP contribution in [0, 0.1) is 25.2 Å². The van der Waals surface area contributed by atoms with Crippen molar-refractivity contribution in [2.24, 2.45) is 0 Å². The smallest absolute Gasteiger partial charge is 0.319 e. The van der Waals surface area contributed by atoms with Gasteiger partial charge in [0.25, 0.3) is 5.56 Å². The Morgan fingerprint density at radius 1 is 1.14 bits per heavy atom. The molecule has 2 atom stereocenters. The Kier molecular flexibility index (Phi) is 9.20. The number of aromatic nitrogens is 4. The largest absolute Gasteiger partial charge is 0.462 e. The van der Waals surface area contributed by atoms with Gasteiger partial charge in [0.2, 0.25) is 5.91 Å². The molecule has 0 spiro atoms. The SMILES string of the molecule is C=C/C=C\c1cccc(-n2c(C)nc3c(N4CCN(C(=O)C=C)[C@@H](CC#N)C4)nc(OC[C@@H]4CCCN4C)nc3c2=O)c1C. The summed E-state index contributed by atoms with van der Waals surface area (Å²) in [6.07, 6.45) is 9.02. The van der Waals surface area contributed by atoms with Crippen molar-refractivity contribution in [3.8, 4) is 17.8 Å².